The Bertz CT molecular complexity index is 509. The summed E-state index contributed by atoms with van der Waals surface area (Å²) in [5.41, 5.74) is 2.29. The predicted molar refractivity (Wildman–Crippen MR) is 82.5 cm³/mol. The molecule has 1 amide bonds. The summed E-state index contributed by atoms with van der Waals surface area (Å²) in [7, 11) is 0. The average molecular weight is 360 g/mol. The van der Waals surface area contributed by atoms with Crippen molar-refractivity contribution in [3.63, 3.8) is 0 Å². The first-order valence-corrected chi connectivity index (χ1v) is 8.07. The van der Waals surface area contributed by atoms with Crippen LogP contribution in [0.25, 0.3) is 0 Å². The van der Waals surface area contributed by atoms with Crippen LogP contribution in [0.3, 0.4) is 0 Å². The molecule has 1 aliphatic carbocycles. The third kappa shape index (κ3) is 5.06. The van der Waals surface area contributed by atoms with Crippen LogP contribution in [0.4, 0.5) is 8.78 Å². The van der Waals surface area contributed by atoms with Gasteiger partial charge in [0.1, 0.15) is 0 Å². The predicted octanol–water partition coefficient (Wildman–Crippen LogP) is 4.38. The number of benzene rings is 1. The highest BCUT2D eigenvalue weighted by Crippen LogP contribution is 2.33. The third-order valence-electron chi connectivity index (χ3n) is 4.01. The average Bonchev–Trinajstić information content (AvgIpc) is 2.42. The van der Waals surface area contributed by atoms with Crippen molar-refractivity contribution in [2.45, 2.75) is 57.4 Å². The van der Waals surface area contributed by atoms with Crippen molar-refractivity contribution in [2.75, 3.05) is 0 Å². The van der Waals surface area contributed by atoms with E-state index in [1.807, 2.05) is 25.1 Å². The molecule has 0 aromatic heterocycles. The molecular formula is C16H20BrF2NO. The fraction of sp³-hybridized carbons (Fsp3) is 0.562. The lowest BCUT2D eigenvalue weighted by molar-refractivity contribution is -0.122. The number of rotatable bonds is 4. The number of amides is 1. The van der Waals surface area contributed by atoms with Gasteiger partial charge < -0.3 is 5.32 Å². The molecule has 1 fully saturated rings. The molecule has 0 saturated heterocycles. The smallest absolute Gasteiger partial charge is 0.248 e. The summed E-state index contributed by atoms with van der Waals surface area (Å²) in [6.07, 6.45) is 1.55. The molecule has 0 unspecified atom stereocenters. The summed E-state index contributed by atoms with van der Waals surface area (Å²) in [5, 5.41) is 2.88. The zero-order valence-corrected chi connectivity index (χ0v) is 13.7. The van der Waals surface area contributed by atoms with Gasteiger partial charge in [0, 0.05) is 29.8 Å². The maximum atomic E-state index is 13.0. The van der Waals surface area contributed by atoms with E-state index in [2.05, 4.69) is 21.2 Å². The molecule has 1 aromatic carbocycles. The van der Waals surface area contributed by atoms with Crippen LogP contribution in [-0.2, 0) is 11.2 Å². The van der Waals surface area contributed by atoms with Gasteiger partial charge in [0.2, 0.25) is 11.8 Å². The molecule has 21 heavy (non-hydrogen) atoms. The standard InChI is InChI=1S/C16H20BrF2NO/c1-11-2-4-13(17)10-12(11)3-5-15(21)20-14-6-8-16(18,19)9-7-14/h2,4,10,14H,3,5-9H2,1H3,(H,20,21). The van der Waals surface area contributed by atoms with Crippen LogP contribution in [0.5, 0.6) is 0 Å². The highest BCUT2D eigenvalue weighted by atomic mass is 79.9. The highest BCUT2D eigenvalue weighted by molar-refractivity contribution is 9.10. The Morgan fingerprint density at radius 3 is 2.71 bits per heavy atom. The van der Waals surface area contributed by atoms with Crippen LogP contribution in [0.1, 0.15) is 43.2 Å². The van der Waals surface area contributed by atoms with E-state index in [0.29, 0.717) is 25.7 Å². The molecule has 0 aliphatic heterocycles. The molecule has 0 atom stereocenters. The minimum atomic E-state index is -2.55. The van der Waals surface area contributed by atoms with Crippen LogP contribution >= 0.6 is 15.9 Å². The van der Waals surface area contributed by atoms with E-state index in [0.717, 1.165) is 15.6 Å². The number of nitrogens with one attached hydrogen (secondary N) is 1. The van der Waals surface area contributed by atoms with Crippen molar-refractivity contribution in [1.82, 2.24) is 5.32 Å². The molecule has 0 heterocycles. The van der Waals surface area contributed by atoms with Crippen LogP contribution in [0.2, 0.25) is 0 Å². The Balaban J connectivity index is 1.79. The fourth-order valence-corrected chi connectivity index (χ4v) is 3.05. The minimum absolute atomic E-state index is 0.0513. The summed E-state index contributed by atoms with van der Waals surface area (Å²) in [6.45, 7) is 2.02. The molecule has 1 aliphatic rings. The van der Waals surface area contributed by atoms with Gasteiger partial charge in [-0.2, -0.15) is 0 Å². The van der Waals surface area contributed by atoms with Crippen LogP contribution < -0.4 is 5.32 Å². The van der Waals surface area contributed by atoms with E-state index in [1.165, 1.54) is 0 Å². The van der Waals surface area contributed by atoms with Crippen molar-refractivity contribution in [3.8, 4) is 0 Å². The van der Waals surface area contributed by atoms with Gasteiger partial charge in [-0.15, -0.1) is 0 Å². The van der Waals surface area contributed by atoms with Crippen LogP contribution in [-0.4, -0.2) is 17.9 Å². The summed E-state index contributed by atoms with van der Waals surface area (Å²) >= 11 is 3.42. The van der Waals surface area contributed by atoms with Gasteiger partial charge in [-0.1, -0.05) is 22.0 Å². The Hall–Kier alpha value is -0.970. The van der Waals surface area contributed by atoms with Gasteiger partial charge in [-0.05, 0) is 49.4 Å². The first-order valence-electron chi connectivity index (χ1n) is 7.28. The monoisotopic (exact) mass is 359 g/mol. The lowest BCUT2D eigenvalue weighted by Crippen LogP contribution is -2.40. The van der Waals surface area contributed by atoms with E-state index < -0.39 is 5.92 Å². The second-order valence-electron chi connectivity index (χ2n) is 5.77. The van der Waals surface area contributed by atoms with Gasteiger partial charge in [0.05, 0.1) is 0 Å². The second-order valence-corrected chi connectivity index (χ2v) is 6.68. The van der Waals surface area contributed by atoms with Crippen molar-refractivity contribution < 1.29 is 13.6 Å². The zero-order chi connectivity index (χ0) is 15.5. The van der Waals surface area contributed by atoms with Crippen molar-refractivity contribution in [1.29, 1.82) is 0 Å². The van der Waals surface area contributed by atoms with Crippen LogP contribution in [0.15, 0.2) is 22.7 Å². The number of carbonyl (C=O) groups is 1. The summed E-state index contributed by atoms with van der Waals surface area (Å²) in [6, 6.07) is 5.91. The SMILES string of the molecule is Cc1ccc(Br)cc1CCC(=O)NC1CCC(F)(F)CC1. The second kappa shape index (κ2) is 6.86. The largest absolute Gasteiger partial charge is 0.353 e. The van der Waals surface area contributed by atoms with Crippen LogP contribution in [0, 0.1) is 6.92 Å². The molecule has 116 valence electrons. The van der Waals surface area contributed by atoms with Gasteiger partial charge in [0.25, 0.3) is 0 Å². The Morgan fingerprint density at radius 2 is 2.05 bits per heavy atom. The third-order valence-corrected chi connectivity index (χ3v) is 4.51. The summed E-state index contributed by atoms with van der Waals surface area (Å²) in [5.74, 6) is -2.60. The summed E-state index contributed by atoms with van der Waals surface area (Å²) < 4.78 is 27.1. The normalized spacial score (nSPS) is 18.5. The molecule has 0 radical (unpaired) electrons. The van der Waals surface area contributed by atoms with E-state index in [9.17, 15) is 13.6 Å². The topological polar surface area (TPSA) is 29.1 Å². The summed E-state index contributed by atoms with van der Waals surface area (Å²) in [4.78, 5) is 11.9. The lowest BCUT2D eigenvalue weighted by Gasteiger charge is -2.28. The molecule has 0 bridgehead atoms. The molecular weight excluding hydrogens is 340 g/mol. The first kappa shape index (κ1) is 16.4. The number of aryl methyl sites for hydroxylation is 2. The van der Waals surface area contributed by atoms with E-state index in [1.54, 1.807) is 0 Å². The van der Waals surface area contributed by atoms with E-state index >= 15 is 0 Å². The van der Waals surface area contributed by atoms with Gasteiger partial charge in [0.15, 0.2) is 0 Å². The molecule has 2 nitrogen and oxygen atoms in total. The maximum absolute atomic E-state index is 13.0. The molecule has 1 aromatic rings. The molecule has 1 saturated carbocycles. The number of halogens is 3. The number of hydrogen-bond acceptors (Lipinski definition) is 1. The maximum Gasteiger partial charge on any atom is 0.248 e. The molecule has 5 heteroatoms. The Morgan fingerprint density at radius 1 is 1.38 bits per heavy atom. The van der Waals surface area contributed by atoms with E-state index in [4.69, 9.17) is 0 Å². The van der Waals surface area contributed by atoms with Gasteiger partial charge >= 0.3 is 0 Å². The number of alkyl halides is 2. The van der Waals surface area contributed by atoms with Crippen molar-refractivity contribution >= 4 is 21.8 Å². The molecule has 2 rings (SSSR count). The molecule has 1 N–H and O–H groups in total. The minimum Gasteiger partial charge on any atom is -0.353 e. The fourth-order valence-electron chi connectivity index (χ4n) is 2.64. The Kier molecular flexibility index (Phi) is 5.36. The number of carbonyl (C=O) groups excluding carboxylic acids is 1. The molecule has 0 spiro atoms. The van der Waals surface area contributed by atoms with Gasteiger partial charge in [-0.3, -0.25) is 4.79 Å². The lowest BCUT2D eigenvalue weighted by atomic mass is 9.92. The zero-order valence-electron chi connectivity index (χ0n) is 12.1. The number of hydrogen-bond donors (Lipinski definition) is 1. The van der Waals surface area contributed by atoms with Gasteiger partial charge in [-0.25, -0.2) is 8.78 Å². The highest BCUT2D eigenvalue weighted by Gasteiger charge is 2.35. The first-order chi connectivity index (χ1) is 9.85. The van der Waals surface area contributed by atoms with E-state index in [-0.39, 0.29) is 24.8 Å². The van der Waals surface area contributed by atoms with Crippen molar-refractivity contribution in [2.24, 2.45) is 0 Å². The Labute approximate surface area is 132 Å². The van der Waals surface area contributed by atoms with Crippen molar-refractivity contribution in [3.05, 3.63) is 33.8 Å². The quantitative estimate of drug-likeness (QED) is 0.848.